The van der Waals surface area contributed by atoms with Gasteiger partial charge >= 0.3 is 0 Å². The predicted octanol–water partition coefficient (Wildman–Crippen LogP) is 5.86. The van der Waals surface area contributed by atoms with E-state index >= 15 is 0 Å². The number of likely N-dealkylation sites (tertiary alicyclic amines) is 1. The maximum Gasteiger partial charge on any atom is 0.255 e. The number of halogens is 1. The number of rotatable bonds is 5. The van der Waals surface area contributed by atoms with Gasteiger partial charge < -0.3 is 10.2 Å². The number of nitrogens with zero attached hydrogens (tertiary/aromatic N) is 1. The molecule has 0 aliphatic carbocycles. The minimum Gasteiger partial charge on any atom is -0.354 e. The Labute approximate surface area is 181 Å². The molecule has 4 nitrogen and oxygen atoms in total. The average Bonchev–Trinajstić information content (AvgIpc) is 3.30. The molecule has 4 rings (SSSR count). The number of hydrogen-bond acceptors (Lipinski definition) is 3. The highest BCUT2D eigenvalue weighted by molar-refractivity contribution is 6.31. The predicted molar refractivity (Wildman–Crippen MR) is 121 cm³/mol. The van der Waals surface area contributed by atoms with Crippen LogP contribution in [0.1, 0.15) is 44.7 Å². The molecule has 0 unspecified atom stereocenters. The lowest BCUT2D eigenvalue weighted by Gasteiger charge is -2.20. The molecule has 30 heavy (non-hydrogen) atoms. The van der Waals surface area contributed by atoms with E-state index in [1.165, 1.54) is 0 Å². The Hall–Kier alpha value is -3.11. The van der Waals surface area contributed by atoms with Gasteiger partial charge in [0.15, 0.2) is 5.78 Å². The minimum absolute atomic E-state index is 0.0138. The molecule has 1 heterocycles. The molecular weight excluding hydrogens is 396 g/mol. The van der Waals surface area contributed by atoms with Crippen LogP contribution in [0, 0.1) is 6.92 Å². The molecule has 0 spiro atoms. The van der Waals surface area contributed by atoms with Crippen LogP contribution < -0.4 is 5.32 Å². The Balaban J connectivity index is 1.72. The third-order valence-corrected chi connectivity index (χ3v) is 5.57. The summed E-state index contributed by atoms with van der Waals surface area (Å²) in [6, 6.07) is 20.0. The molecule has 1 aliphatic rings. The maximum absolute atomic E-state index is 13.1. The molecule has 1 fully saturated rings. The van der Waals surface area contributed by atoms with Crippen molar-refractivity contribution < 1.29 is 9.59 Å². The molecule has 0 bridgehead atoms. The van der Waals surface area contributed by atoms with Crippen molar-refractivity contribution in [3.05, 3.63) is 94.0 Å². The minimum atomic E-state index is -0.124. The van der Waals surface area contributed by atoms with Crippen LogP contribution >= 0.6 is 11.6 Å². The molecule has 3 aromatic carbocycles. The van der Waals surface area contributed by atoms with Crippen molar-refractivity contribution in [2.24, 2.45) is 0 Å². The number of aryl methyl sites for hydroxylation is 1. The van der Waals surface area contributed by atoms with Crippen molar-refractivity contribution in [2.75, 3.05) is 18.4 Å². The van der Waals surface area contributed by atoms with Crippen LogP contribution in [0.2, 0.25) is 5.02 Å². The van der Waals surface area contributed by atoms with Gasteiger partial charge in [-0.25, -0.2) is 0 Å². The fourth-order valence-electron chi connectivity index (χ4n) is 3.74. The second kappa shape index (κ2) is 8.72. The first-order valence-corrected chi connectivity index (χ1v) is 10.5. The van der Waals surface area contributed by atoms with E-state index in [9.17, 15) is 9.59 Å². The van der Waals surface area contributed by atoms with E-state index in [0.717, 1.165) is 31.5 Å². The zero-order chi connectivity index (χ0) is 21.1. The number of carbonyl (C=O) groups excluding carboxylic acids is 2. The van der Waals surface area contributed by atoms with Gasteiger partial charge in [-0.1, -0.05) is 48.0 Å². The SMILES string of the molecule is Cc1ccc(C(=O)N2CCCC2)c(Nc2ccc(Cl)cc2C(=O)c2ccccc2)c1. The second-order valence-corrected chi connectivity index (χ2v) is 7.99. The highest BCUT2D eigenvalue weighted by Gasteiger charge is 2.23. The molecule has 1 amide bonds. The topological polar surface area (TPSA) is 49.4 Å². The van der Waals surface area contributed by atoms with Gasteiger partial charge in [0.2, 0.25) is 0 Å². The third-order valence-electron chi connectivity index (χ3n) is 5.33. The zero-order valence-electron chi connectivity index (χ0n) is 16.8. The Morgan fingerprint density at radius 2 is 1.60 bits per heavy atom. The fourth-order valence-corrected chi connectivity index (χ4v) is 3.91. The summed E-state index contributed by atoms with van der Waals surface area (Å²) in [5, 5.41) is 3.82. The van der Waals surface area contributed by atoms with E-state index < -0.39 is 0 Å². The Kier molecular flexibility index (Phi) is 5.86. The Morgan fingerprint density at radius 1 is 0.867 bits per heavy atom. The number of amides is 1. The molecule has 1 N–H and O–H groups in total. The van der Waals surface area contributed by atoms with Crippen LogP contribution in [-0.4, -0.2) is 29.7 Å². The molecule has 3 aromatic rings. The van der Waals surface area contributed by atoms with Crippen LogP contribution in [0.3, 0.4) is 0 Å². The molecule has 0 aromatic heterocycles. The number of anilines is 2. The molecule has 0 saturated carbocycles. The average molecular weight is 419 g/mol. The highest BCUT2D eigenvalue weighted by Crippen LogP contribution is 2.30. The highest BCUT2D eigenvalue weighted by atomic mass is 35.5. The van der Waals surface area contributed by atoms with Gasteiger partial charge in [0.1, 0.15) is 0 Å². The van der Waals surface area contributed by atoms with Gasteiger partial charge in [-0.15, -0.1) is 0 Å². The Bertz CT molecular complexity index is 1090. The molecule has 0 radical (unpaired) electrons. The number of nitrogens with one attached hydrogen (secondary N) is 1. The van der Waals surface area contributed by atoms with Crippen LogP contribution in [0.15, 0.2) is 66.7 Å². The zero-order valence-corrected chi connectivity index (χ0v) is 17.6. The lowest BCUT2D eigenvalue weighted by molar-refractivity contribution is 0.0793. The van der Waals surface area contributed by atoms with E-state index in [1.54, 1.807) is 30.3 Å². The monoisotopic (exact) mass is 418 g/mol. The second-order valence-electron chi connectivity index (χ2n) is 7.56. The number of hydrogen-bond donors (Lipinski definition) is 1. The van der Waals surface area contributed by atoms with E-state index in [4.69, 9.17) is 11.6 Å². The summed E-state index contributed by atoms with van der Waals surface area (Å²) < 4.78 is 0. The summed E-state index contributed by atoms with van der Waals surface area (Å²) in [4.78, 5) is 28.1. The fraction of sp³-hybridized carbons (Fsp3) is 0.200. The summed E-state index contributed by atoms with van der Waals surface area (Å²) >= 11 is 6.20. The van der Waals surface area contributed by atoms with Crippen molar-refractivity contribution in [2.45, 2.75) is 19.8 Å². The van der Waals surface area contributed by atoms with Crippen molar-refractivity contribution >= 4 is 34.7 Å². The summed E-state index contributed by atoms with van der Waals surface area (Å²) in [6.45, 7) is 3.54. The van der Waals surface area contributed by atoms with Crippen LogP contribution in [0.4, 0.5) is 11.4 Å². The summed E-state index contributed by atoms with van der Waals surface area (Å²) in [7, 11) is 0. The van der Waals surface area contributed by atoms with Gasteiger partial charge in [0, 0.05) is 34.9 Å². The van der Waals surface area contributed by atoms with E-state index in [-0.39, 0.29) is 11.7 Å². The van der Waals surface area contributed by atoms with Gasteiger partial charge in [-0.05, 0) is 55.7 Å². The van der Waals surface area contributed by atoms with E-state index in [2.05, 4.69) is 5.32 Å². The summed E-state index contributed by atoms with van der Waals surface area (Å²) in [5.41, 5.74) is 4.00. The molecule has 0 atom stereocenters. The standard InChI is InChI=1S/C25H23ClN2O2/c1-17-9-11-20(25(30)28-13-5-6-14-28)23(15-17)27-22-12-10-19(26)16-21(22)24(29)18-7-3-2-4-8-18/h2-4,7-12,15-16,27H,5-6,13-14H2,1H3. The molecule has 152 valence electrons. The molecular formula is C25H23ClN2O2. The van der Waals surface area contributed by atoms with Crippen LogP contribution in [-0.2, 0) is 0 Å². The van der Waals surface area contributed by atoms with Gasteiger partial charge in [-0.2, -0.15) is 0 Å². The first kappa shape index (κ1) is 20.2. The van der Waals surface area contributed by atoms with Crippen LogP contribution in [0.25, 0.3) is 0 Å². The lowest BCUT2D eigenvalue weighted by Crippen LogP contribution is -2.28. The van der Waals surface area contributed by atoms with Crippen molar-refractivity contribution in [1.29, 1.82) is 0 Å². The quantitative estimate of drug-likeness (QED) is 0.528. The number of ketones is 1. The van der Waals surface area contributed by atoms with Crippen molar-refractivity contribution in [1.82, 2.24) is 4.90 Å². The van der Waals surface area contributed by atoms with Gasteiger partial charge in [-0.3, -0.25) is 9.59 Å². The first-order chi connectivity index (χ1) is 14.5. The normalized spacial score (nSPS) is 13.3. The van der Waals surface area contributed by atoms with E-state index in [1.807, 2.05) is 48.2 Å². The summed E-state index contributed by atoms with van der Waals surface area (Å²) in [5.74, 6) is -0.111. The number of benzene rings is 3. The summed E-state index contributed by atoms with van der Waals surface area (Å²) in [6.07, 6.45) is 2.07. The van der Waals surface area contributed by atoms with Crippen LogP contribution in [0.5, 0.6) is 0 Å². The van der Waals surface area contributed by atoms with Gasteiger partial charge in [0.05, 0.1) is 11.3 Å². The van der Waals surface area contributed by atoms with Crippen molar-refractivity contribution in [3.63, 3.8) is 0 Å². The largest absolute Gasteiger partial charge is 0.354 e. The third kappa shape index (κ3) is 4.24. The lowest BCUT2D eigenvalue weighted by atomic mass is 10.0. The smallest absolute Gasteiger partial charge is 0.255 e. The number of carbonyl (C=O) groups is 2. The van der Waals surface area contributed by atoms with Crippen molar-refractivity contribution in [3.8, 4) is 0 Å². The van der Waals surface area contributed by atoms with E-state index in [0.29, 0.717) is 33.1 Å². The maximum atomic E-state index is 13.1. The van der Waals surface area contributed by atoms with Gasteiger partial charge in [0.25, 0.3) is 5.91 Å². The molecule has 5 heteroatoms. The Morgan fingerprint density at radius 3 is 2.33 bits per heavy atom. The molecule has 1 aliphatic heterocycles. The molecule has 1 saturated heterocycles. The first-order valence-electron chi connectivity index (χ1n) is 10.1.